The lowest BCUT2D eigenvalue weighted by molar-refractivity contribution is -0.131. The van der Waals surface area contributed by atoms with E-state index in [0.29, 0.717) is 30.5 Å². The van der Waals surface area contributed by atoms with Gasteiger partial charge >= 0.3 is 5.97 Å². The number of aliphatic carboxylic acids is 1. The van der Waals surface area contributed by atoms with E-state index in [1.54, 1.807) is 12.1 Å². The first-order chi connectivity index (χ1) is 17.1. The number of Topliss-reactive ketones (excluding diaryl/α,β-unsaturated/α-hetero) is 1. The Kier molecular flexibility index (Phi) is 7.81. The Morgan fingerprint density at radius 3 is 1.54 bits per heavy atom. The van der Waals surface area contributed by atoms with Crippen LogP contribution in [0.5, 0.6) is 23.0 Å². The van der Waals surface area contributed by atoms with Crippen LogP contribution >= 0.6 is 0 Å². The molecular weight excluding hydrogens is 448 g/mol. The average Bonchev–Trinajstić information content (AvgIpc) is 2.89. The zero-order valence-corrected chi connectivity index (χ0v) is 18.9. The van der Waals surface area contributed by atoms with E-state index in [9.17, 15) is 9.59 Å². The van der Waals surface area contributed by atoms with Crippen molar-refractivity contribution < 1.29 is 33.6 Å². The van der Waals surface area contributed by atoms with Crippen LogP contribution in [0, 0.1) is 0 Å². The fourth-order valence-corrected chi connectivity index (χ4v) is 3.39. The highest BCUT2D eigenvalue weighted by atomic mass is 16.6. The molecule has 7 heteroatoms. The van der Waals surface area contributed by atoms with Crippen molar-refractivity contribution in [2.24, 2.45) is 0 Å². The number of para-hydroxylation sites is 1. The molecule has 35 heavy (non-hydrogen) atoms. The largest absolute Gasteiger partial charge is 0.490 e. The van der Waals surface area contributed by atoms with Crippen molar-refractivity contribution in [1.29, 1.82) is 0 Å². The normalized spacial score (nSPS) is 10.5. The predicted octanol–water partition coefficient (Wildman–Crippen LogP) is 5.02. The molecule has 0 spiro atoms. The Hall–Kier alpha value is -4.52. The number of carboxylic acid groups (broad SMARTS) is 1. The minimum Gasteiger partial charge on any atom is -0.490 e. The minimum absolute atomic E-state index is 0.0929. The minimum atomic E-state index is -1.49. The van der Waals surface area contributed by atoms with Crippen molar-refractivity contribution >= 4 is 22.5 Å². The molecule has 0 bridgehead atoms. The molecule has 0 radical (unpaired) electrons. The maximum absolute atomic E-state index is 11.5. The Labute approximate surface area is 202 Å². The Bertz CT molecular complexity index is 1280. The monoisotopic (exact) mass is 472 g/mol. The van der Waals surface area contributed by atoms with Crippen LogP contribution in [-0.2, 0) is 4.79 Å². The fraction of sp³-hybridized carbons (Fsp3) is 0.143. The number of ketones is 1. The van der Waals surface area contributed by atoms with Crippen molar-refractivity contribution in [3.63, 3.8) is 0 Å². The van der Waals surface area contributed by atoms with Gasteiger partial charge in [0.05, 0.1) is 0 Å². The van der Waals surface area contributed by atoms with Crippen LogP contribution in [0.2, 0.25) is 0 Å². The fourth-order valence-electron chi connectivity index (χ4n) is 3.39. The quantitative estimate of drug-likeness (QED) is 0.176. The van der Waals surface area contributed by atoms with E-state index in [1.165, 1.54) is 12.1 Å². The second-order valence-corrected chi connectivity index (χ2v) is 7.51. The smallest absolute Gasteiger partial charge is 0.377 e. The van der Waals surface area contributed by atoms with Crippen molar-refractivity contribution in [2.45, 2.75) is 0 Å². The van der Waals surface area contributed by atoms with E-state index < -0.39 is 11.8 Å². The second-order valence-electron chi connectivity index (χ2n) is 7.51. The van der Waals surface area contributed by atoms with Gasteiger partial charge in [0.25, 0.3) is 5.78 Å². The summed E-state index contributed by atoms with van der Waals surface area (Å²) in [6.45, 7) is 1.24. The molecule has 0 saturated heterocycles. The molecule has 0 aliphatic heterocycles. The van der Waals surface area contributed by atoms with E-state index in [0.717, 1.165) is 16.5 Å². The third-order valence-electron chi connectivity index (χ3n) is 5.09. The van der Waals surface area contributed by atoms with Gasteiger partial charge in [-0.1, -0.05) is 42.5 Å². The first-order valence-corrected chi connectivity index (χ1v) is 11.1. The summed E-state index contributed by atoms with van der Waals surface area (Å²) in [5, 5.41) is 10.8. The molecule has 0 saturated carbocycles. The molecule has 0 aliphatic carbocycles. The maximum atomic E-state index is 11.5. The molecule has 0 aliphatic rings. The molecule has 178 valence electrons. The molecule has 4 aromatic carbocycles. The highest BCUT2D eigenvalue weighted by Crippen LogP contribution is 2.32. The molecule has 1 N–H and O–H groups in total. The lowest BCUT2D eigenvalue weighted by Gasteiger charge is -2.15. The highest BCUT2D eigenvalue weighted by Gasteiger charge is 2.14. The van der Waals surface area contributed by atoms with Crippen molar-refractivity contribution in [2.75, 3.05) is 26.4 Å². The van der Waals surface area contributed by atoms with Crippen LogP contribution in [0.25, 0.3) is 10.8 Å². The first-order valence-electron chi connectivity index (χ1n) is 11.1. The standard InChI is InChI=1S/C28H24O7/c29-27(28(30)31)20-10-12-24(13-11-20)33-15-17-35-26-19-22-7-5-4-6-21(22)18-25(26)34-16-14-32-23-8-2-1-3-9-23/h1-13,18-19H,14-17H2,(H,30,31). The van der Waals surface area contributed by atoms with Gasteiger partial charge < -0.3 is 24.1 Å². The van der Waals surface area contributed by atoms with E-state index >= 15 is 0 Å². The van der Waals surface area contributed by atoms with Crippen molar-refractivity contribution in [3.05, 3.63) is 96.6 Å². The van der Waals surface area contributed by atoms with Gasteiger partial charge in [-0.15, -0.1) is 0 Å². The van der Waals surface area contributed by atoms with E-state index in [-0.39, 0.29) is 18.8 Å². The van der Waals surface area contributed by atoms with Crippen LogP contribution in [-0.4, -0.2) is 43.3 Å². The molecule has 4 aromatic rings. The zero-order valence-electron chi connectivity index (χ0n) is 18.9. The Morgan fingerprint density at radius 2 is 1.03 bits per heavy atom. The van der Waals surface area contributed by atoms with Crippen LogP contribution in [0.4, 0.5) is 0 Å². The number of fused-ring (bicyclic) bond motifs is 1. The molecule has 0 heterocycles. The van der Waals surface area contributed by atoms with Gasteiger partial charge in [0, 0.05) is 5.56 Å². The second kappa shape index (κ2) is 11.6. The third-order valence-corrected chi connectivity index (χ3v) is 5.09. The molecule has 7 nitrogen and oxygen atoms in total. The summed E-state index contributed by atoms with van der Waals surface area (Å²) in [7, 11) is 0. The van der Waals surface area contributed by atoms with Gasteiger partial charge in [0.1, 0.15) is 37.9 Å². The zero-order chi connectivity index (χ0) is 24.5. The number of carbonyl (C=O) groups is 2. The van der Waals surface area contributed by atoms with Crippen LogP contribution < -0.4 is 18.9 Å². The van der Waals surface area contributed by atoms with Gasteiger partial charge in [-0.3, -0.25) is 4.79 Å². The number of benzene rings is 4. The summed E-state index contributed by atoms with van der Waals surface area (Å²) in [4.78, 5) is 22.3. The summed E-state index contributed by atoms with van der Waals surface area (Å²) in [5.74, 6) is 0.0310. The summed E-state index contributed by atoms with van der Waals surface area (Å²) in [6.07, 6.45) is 0. The van der Waals surface area contributed by atoms with Gasteiger partial charge in [0.2, 0.25) is 0 Å². The lowest BCUT2D eigenvalue weighted by Crippen LogP contribution is -2.13. The highest BCUT2D eigenvalue weighted by molar-refractivity contribution is 6.39. The predicted molar refractivity (Wildman–Crippen MR) is 131 cm³/mol. The summed E-state index contributed by atoms with van der Waals surface area (Å²) >= 11 is 0. The van der Waals surface area contributed by atoms with Crippen LogP contribution in [0.15, 0.2) is 91.0 Å². The number of hydrogen-bond donors (Lipinski definition) is 1. The number of rotatable bonds is 12. The number of ether oxygens (including phenoxy) is 4. The summed E-state index contributed by atoms with van der Waals surface area (Å²) < 4.78 is 23.3. The molecule has 0 fully saturated rings. The Morgan fingerprint density at radius 1 is 0.571 bits per heavy atom. The third kappa shape index (κ3) is 6.51. The number of carbonyl (C=O) groups excluding carboxylic acids is 1. The van der Waals surface area contributed by atoms with Gasteiger partial charge in [-0.25, -0.2) is 4.79 Å². The molecule has 0 unspecified atom stereocenters. The molecule has 0 amide bonds. The first kappa shape index (κ1) is 23.6. The maximum Gasteiger partial charge on any atom is 0.377 e. The summed E-state index contributed by atoms with van der Waals surface area (Å²) in [6, 6.07) is 27.3. The van der Waals surface area contributed by atoms with Gasteiger partial charge in [0.15, 0.2) is 11.5 Å². The van der Waals surface area contributed by atoms with Crippen LogP contribution in [0.1, 0.15) is 10.4 Å². The van der Waals surface area contributed by atoms with E-state index in [2.05, 4.69) is 0 Å². The molecule has 4 rings (SSSR count). The SMILES string of the molecule is O=C(O)C(=O)c1ccc(OCCOc2cc3ccccc3cc2OCCOc2ccccc2)cc1. The molecular formula is C28H24O7. The number of hydrogen-bond acceptors (Lipinski definition) is 6. The lowest BCUT2D eigenvalue weighted by atomic mass is 10.1. The topological polar surface area (TPSA) is 91.3 Å². The van der Waals surface area contributed by atoms with Gasteiger partial charge in [-0.2, -0.15) is 0 Å². The van der Waals surface area contributed by atoms with Gasteiger partial charge in [-0.05, 0) is 59.3 Å². The number of carboxylic acids is 1. The molecule has 0 atom stereocenters. The van der Waals surface area contributed by atoms with Crippen molar-refractivity contribution in [1.82, 2.24) is 0 Å². The average molecular weight is 472 g/mol. The van der Waals surface area contributed by atoms with Crippen LogP contribution in [0.3, 0.4) is 0 Å². The molecule has 0 aromatic heterocycles. The summed E-state index contributed by atoms with van der Waals surface area (Å²) in [5.41, 5.74) is 0.0929. The van der Waals surface area contributed by atoms with E-state index in [1.807, 2.05) is 66.7 Å². The van der Waals surface area contributed by atoms with Crippen molar-refractivity contribution in [3.8, 4) is 23.0 Å². The Balaban J connectivity index is 1.34. The van der Waals surface area contributed by atoms with E-state index in [4.69, 9.17) is 24.1 Å².